The van der Waals surface area contributed by atoms with E-state index in [-0.39, 0.29) is 24.0 Å². The Morgan fingerprint density at radius 1 is 1.45 bits per heavy atom. The van der Waals surface area contributed by atoms with Crippen LogP contribution in [0.4, 0.5) is 18.9 Å². The van der Waals surface area contributed by atoms with Gasteiger partial charge >= 0.3 is 6.61 Å². The smallest absolute Gasteiger partial charge is 0.387 e. The van der Waals surface area contributed by atoms with Crippen LogP contribution in [0.2, 0.25) is 0 Å². The van der Waals surface area contributed by atoms with Crippen molar-refractivity contribution in [2.45, 2.75) is 26.4 Å². The van der Waals surface area contributed by atoms with Gasteiger partial charge in [-0.3, -0.25) is 4.79 Å². The van der Waals surface area contributed by atoms with E-state index in [0.717, 1.165) is 31.5 Å². The Morgan fingerprint density at radius 2 is 2.18 bits per heavy atom. The molecule has 0 saturated carbocycles. The van der Waals surface area contributed by atoms with E-state index in [1.54, 1.807) is 0 Å². The van der Waals surface area contributed by atoms with Gasteiger partial charge in [-0.25, -0.2) is 4.39 Å². The van der Waals surface area contributed by atoms with Crippen molar-refractivity contribution >= 4 is 24.0 Å². The summed E-state index contributed by atoms with van der Waals surface area (Å²) in [5.41, 5.74) is -0.349. The van der Waals surface area contributed by atoms with Crippen LogP contribution in [0.15, 0.2) is 18.2 Å². The lowest BCUT2D eigenvalue weighted by molar-refractivity contribution is -0.125. The van der Waals surface area contributed by atoms with Crippen molar-refractivity contribution in [3.63, 3.8) is 0 Å². The van der Waals surface area contributed by atoms with Crippen LogP contribution in [0.5, 0.6) is 5.75 Å². The van der Waals surface area contributed by atoms with Crippen LogP contribution in [-0.4, -0.2) is 25.6 Å². The first kappa shape index (κ1) is 18.6. The van der Waals surface area contributed by atoms with E-state index >= 15 is 0 Å². The number of nitrogens with one attached hydrogen (secondary N) is 2. The summed E-state index contributed by atoms with van der Waals surface area (Å²) in [6.07, 6.45) is 1.63. The highest BCUT2D eigenvalue weighted by atomic mass is 35.5. The topological polar surface area (TPSA) is 50.4 Å². The fourth-order valence-electron chi connectivity index (χ4n) is 2.30. The Kier molecular flexibility index (Phi) is 6.49. The number of ether oxygens (including phenoxy) is 1. The van der Waals surface area contributed by atoms with E-state index in [0.29, 0.717) is 6.54 Å². The van der Waals surface area contributed by atoms with Crippen molar-refractivity contribution in [1.29, 1.82) is 0 Å². The molecule has 1 fully saturated rings. The van der Waals surface area contributed by atoms with Gasteiger partial charge in [0.2, 0.25) is 5.91 Å². The van der Waals surface area contributed by atoms with Gasteiger partial charge in [0.05, 0.1) is 5.41 Å². The minimum absolute atomic E-state index is 0. The normalized spacial score (nSPS) is 21.1. The predicted molar refractivity (Wildman–Crippen MR) is 79.1 cm³/mol. The van der Waals surface area contributed by atoms with E-state index in [1.165, 1.54) is 6.07 Å². The van der Waals surface area contributed by atoms with Gasteiger partial charge in [0.1, 0.15) is 0 Å². The second kappa shape index (κ2) is 7.69. The summed E-state index contributed by atoms with van der Waals surface area (Å²) in [6, 6.07) is 3.37. The summed E-state index contributed by atoms with van der Waals surface area (Å²) in [5, 5.41) is 5.76. The molecule has 22 heavy (non-hydrogen) atoms. The molecule has 1 saturated heterocycles. The SMILES string of the molecule is CC1(C(=O)Nc2ccc(OC(F)F)c(F)c2)CCCNC1.Cl. The lowest BCUT2D eigenvalue weighted by Crippen LogP contribution is -2.46. The third-order valence-electron chi connectivity index (χ3n) is 3.55. The third kappa shape index (κ3) is 4.51. The molecule has 2 N–H and O–H groups in total. The average Bonchev–Trinajstić information content (AvgIpc) is 2.42. The molecule has 0 bridgehead atoms. The minimum atomic E-state index is -3.09. The van der Waals surface area contributed by atoms with Gasteiger partial charge in [-0.1, -0.05) is 0 Å². The summed E-state index contributed by atoms with van der Waals surface area (Å²) in [5.74, 6) is -1.72. The van der Waals surface area contributed by atoms with Gasteiger partial charge in [-0.15, -0.1) is 12.4 Å². The number of carbonyl (C=O) groups is 1. The molecule has 1 amide bonds. The Labute approximate surface area is 132 Å². The fourth-order valence-corrected chi connectivity index (χ4v) is 2.30. The number of piperidine rings is 1. The summed E-state index contributed by atoms with van der Waals surface area (Å²) in [6.45, 7) is 0.164. The highest BCUT2D eigenvalue weighted by Crippen LogP contribution is 2.28. The second-order valence-electron chi connectivity index (χ2n) is 5.32. The Hall–Kier alpha value is -1.47. The lowest BCUT2D eigenvalue weighted by Gasteiger charge is -2.32. The number of hydrogen-bond donors (Lipinski definition) is 2. The molecule has 4 nitrogen and oxygen atoms in total. The molecule has 2 rings (SSSR count). The summed E-state index contributed by atoms with van der Waals surface area (Å²) >= 11 is 0. The molecule has 1 aromatic carbocycles. The van der Waals surface area contributed by atoms with Crippen molar-refractivity contribution in [2.24, 2.45) is 5.41 Å². The molecule has 8 heteroatoms. The number of hydrogen-bond acceptors (Lipinski definition) is 3. The molecule has 124 valence electrons. The van der Waals surface area contributed by atoms with Crippen LogP contribution in [0.1, 0.15) is 19.8 Å². The zero-order chi connectivity index (χ0) is 15.5. The molecule has 1 aromatic rings. The standard InChI is InChI=1S/C14H17F3N2O2.ClH/c1-14(5-2-6-18-8-14)12(20)19-9-3-4-11(10(15)7-9)21-13(16)17;/h3-4,7,13,18H,2,5-6,8H2,1H3,(H,19,20);1H. The highest BCUT2D eigenvalue weighted by Gasteiger charge is 2.34. The first-order valence-corrected chi connectivity index (χ1v) is 6.67. The first-order valence-electron chi connectivity index (χ1n) is 6.67. The fraction of sp³-hybridized carbons (Fsp3) is 0.500. The average molecular weight is 339 g/mol. The molecule has 1 aliphatic rings. The van der Waals surface area contributed by atoms with Gasteiger partial charge in [0.25, 0.3) is 0 Å². The quantitative estimate of drug-likeness (QED) is 0.886. The van der Waals surface area contributed by atoms with E-state index in [9.17, 15) is 18.0 Å². The van der Waals surface area contributed by atoms with E-state index in [2.05, 4.69) is 15.4 Å². The van der Waals surface area contributed by atoms with Crippen molar-refractivity contribution in [2.75, 3.05) is 18.4 Å². The highest BCUT2D eigenvalue weighted by molar-refractivity contribution is 5.95. The van der Waals surface area contributed by atoms with Gasteiger partial charge < -0.3 is 15.4 Å². The molecule has 1 unspecified atom stereocenters. The number of rotatable bonds is 4. The van der Waals surface area contributed by atoms with E-state index < -0.39 is 23.6 Å². The Balaban J connectivity index is 0.00000242. The maximum atomic E-state index is 13.6. The van der Waals surface area contributed by atoms with Crippen LogP contribution >= 0.6 is 12.4 Å². The zero-order valence-electron chi connectivity index (χ0n) is 12.0. The van der Waals surface area contributed by atoms with Crippen molar-refractivity contribution in [1.82, 2.24) is 5.32 Å². The lowest BCUT2D eigenvalue weighted by atomic mass is 9.82. The van der Waals surface area contributed by atoms with Crippen molar-refractivity contribution in [3.8, 4) is 5.75 Å². The molecule has 0 radical (unpaired) electrons. The first-order chi connectivity index (χ1) is 9.90. The number of amides is 1. The monoisotopic (exact) mass is 338 g/mol. The third-order valence-corrected chi connectivity index (χ3v) is 3.55. The minimum Gasteiger partial charge on any atom is -0.432 e. The number of anilines is 1. The van der Waals surface area contributed by atoms with Crippen LogP contribution in [0.3, 0.4) is 0 Å². The van der Waals surface area contributed by atoms with Gasteiger partial charge in [0, 0.05) is 18.3 Å². The number of benzene rings is 1. The number of halogens is 4. The Bertz CT molecular complexity index is 523. The molecular formula is C14H18ClF3N2O2. The summed E-state index contributed by atoms with van der Waals surface area (Å²) in [4.78, 5) is 12.2. The predicted octanol–water partition coefficient (Wildman–Crippen LogP) is 3.18. The van der Waals surface area contributed by atoms with Crippen LogP contribution in [0.25, 0.3) is 0 Å². The zero-order valence-corrected chi connectivity index (χ0v) is 12.8. The van der Waals surface area contributed by atoms with Crippen molar-refractivity contribution in [3.05, 3.63) is 24.0 Å². The van der Waals surface area contributed by atoms with Crippen molar-refractivity contribution < 1.29 is 22.7 Å². The van der Waals surface area contributed by atoms with Gasteiger partial charge in [0.15, 0.2) is 11.6 Å². The Morgan fingerprint density at radius 3 is 2.73 bits per heavy atom. The molecule has 0 aliphatic carbocycles. The molecule has 0 aromatic heterocycles. The summed E-state index contributed by atoms with van der Waals surface area (Å²) < 4.78 is 41.7. The van der Waals surface area contributed by atoms with Gasteiger partial charge in [-0.2, -0.15) is 8.78 Å². The molecule has 1 aliphatic heterocycles. The molecule has 1 heterocycles. The molecular weight excluding hydrogens is 321 g/mol. The molecule has 1 atom stereocenters. The van der Waals surface area contributed by atoms with Crippen LogP contribution < -0.4 is 15.4 Å². The largest absolute Gasteiger partial charge is 0.432 e. The second-order valence-corrected chi connectivity index (χ2v) is 5.32. The summed E-state index contributed by atoms with van der Waals surface area (Å²) in [7, 11) is 0. The van der Waals surface area contributed by atoms with Crippen LogP contribution in [-0.2, 0) is 4.79 Å². The maximum absolute atomic E-state index is 13.6. The van der Waals surface area contributed by atoms with Crippen LogP contribution in [0, 0.1) is 11.2 Å². The van der Waals surface area contributed by atoms with E-state index in [4.69, 9.17) is 0 Å². The van der Waals surface area contributed by atoms with E-state index in [1.807, 2.05) is 6.92 Å². The molecule has 0 spiro atoms. The van der Waals surface area contributed by atoms with Gasteiger partial charge in [-0.05, 0) is 38.4 Å². The number of alkyl halides is 2. The maximum Gasteiger partial charge on any atom is 0.387 e. The number of carbonyl (C=O) groups excluding carboxylic acids is 1.